The highest BCUT2D eigenvalue weighted by Gasteiger charge is 2.25. The number of carbonyl (C=O) groups is 2. The van der Waals surface area contributed by atoms with Crippen LogP contribution >= 0.6 is 0 Å². The van der Waals surface area contributed by atoms with Gasteiger partial charge in [-0.05, 0) is 42.3 Å². The molecule has 0 unspecified atom stereocenters. The average molecular weight is 332 g/mol. The van der Waals surface area contributed by atoms with Crippen LogP contribution in [-0.2, 0) is 4.79 Å². The first-order valence-electron chi connectivity index (χ1n) is 7.21. The normalized spacial score (nSPS) is 13.0. The lowest BCUT2D eigenvalue weighted by Gasteiger charge is -2.19. The van der Waals surface area contributed by atoms with Gasteiger partial charge in [0.2, 0.25) is 0 Å². The number of hydroxylamine groups is 1. The molecular formula is C17H17FN2O4. The fourth-order valence-electron chi connectivity index (χ4n) is 2.16. The summed E-state index contributed by atoms with van der Waals surface area (Å²) in [5.41, 5.74) is 3.26. The van der Waals surface area contributed by atoms with E-state index < -0.39 is 24.0 Å². The van der Waals surface area contributed by atoms with Crippen molar-refractivity contribution in [1.82, 2.24) is 10.8 Å². The van der Waals surface area contributed by atoms with Gasteiger partial charge >= 0.3 is 0 Å². The SMILES string of the molecule is C[C@@H](O)[C@H](NC(=O)c1ccc(-c2ccc(F)cc2)cc1)C(=O)NO. The van der Waals surface area contributed by atoms with Gasteiger partial charge < -0.3 is 10.4 Å². The molecule has 0 aromatic heterocycles. The van der Waals surface area contributed by atoms with Crippen molar-refractivity contribution in [3.05, 3.63) is 59.9 Å². The molecule has 0 saturated carbocycles. The largest absolute Gasteiger partial charge is 0.391 e. The van der Waals surface area contributed by atoms with Crippen LogP contribution in [0.1, 0.15) is 17.3 Å². The Labute approximate surface area is 137 Å². The maximum absolute atomic E-state index is 12.9. The summed E-state index contributed by atoms with van der Waals surface area (Å²) in [5.74, 6) is -1.82. The van der Waals surface area contributed by atoms with Gasteiger partial charge in [-0.15, -0.1) is 0 Å². The number of aliphatic hydroxyl groups is 1. The Balaban J connectivity index is 2.13. The number of hydrogen-bond acceptors (Lipinski definition) is 4. The molecule has 0 aliphatic heterocycles. The third-order valence-corrected chi connectivity index (χ3v) is 3.49. The van der Waals surface area contributed by atoms with E-state index in [2.05, 4.69) is 5.32 Å². The van der Waals surface area contributed by atoms with Gasteiger partial charge in [0, 0.05) is 5.56 Å². The molecule has 0 saturated heterocycles. The average Bonchev–Trinajstić information content (AvgIpc) is 2.59. The van der Waals surface area contributed by atoms with E-state index in [1.54, 1.807) is 36.4 Å². The van der Waals surface area contributed by atoms with Crippen molar-refractivity contribution in [2.45, 2.75) is 19.1 Å². The predicted octanol–water partition coefficient (Wildman–Crippen LogP) is 1.48. The minimum Gasteiger partial charge on any atom is -0.391 e. The van der Waals surface area contributed by atoms with Crippen LogP contribution in [0, 0.1) is 5.82 Å². The molecule has 4 N–H and O–H groups in total. The molecule has 6 nitrogen and oxygen atoms in total. The Bertz CT molecular complexity index is 714. The molecule has 126 valence electrons. The van der Waals surface area contributed by atoms with Gasteiger partial charge in [0.15, 0.2) is 0 Å². The van der Waals surface area contributed by atoms with Crippen molar-refractivity contribution in [3.63, 3.8) is 0 Å². The maximum atomic E-state index is 12.9. The van der Waals surface area contributed by atoms with E-state index in [0.29, 0.717) is 0 Å². The molecule has 0 heterocycles. The zero-order chi connectivity index (χ0) is 17.7. The molecule has 0 spiro atoms. The van der Waals surface area contributed by atoms with Crippen LogP contribution in [-0.4, -0.2) is 34.3 Å². The van der Waals surface area contributed by atoms with Crippen LogP contribution in [0.5, 0.6) is 0 Å². The second-order valence-electron chi connectivity index (χ2n) is 5.25. The predicted molar refractivity (Wildman–Crippen MR) is 84.7 cm³/mol. The number of nitrogens with one attached hydrogen (secondary N) is 2. The topological polar surface area (TPSA) is 98.7 Å². The standard InChI is InChI=1S/C17H17FN2O4/c1-10(21)15(17(23)20-24)19-16(22)13-4-2-11(3-5-13)12-6-8-14(18)9-7-12/h2-10,15,21,24H,1H3,(H,19,22)(H,20,23)/t10-,15+/m1/s1. The summed E-state index contributed by atoms with van der Waals surface area (Å²) in [6.07, 6.45) is -1.18. The van der Waals surface area contributed by atoms with Gasteiger partial charge in [0.05, 0.1) is 6.10 Å². The third kappa shape index (κ3) is 4.15. The van der Waals surface area contributed by atoms with Gasteiger partial charge in [0.1, 0.15) is 11.9 Å². The molecule has 2 atom stereocenters. The van der Waals surface area contributed by atoms with Crippen LogP contribution in [0.3, 0.4) is 0 Å². The van der Waals surface area contributed by atoms with E-state index in [-0.39, 0.29) is 11.4 Å². The van der Waals surface area contributed by atoms with Gasteiger partial charge in [-0.3, -0.25) is 14.8 Å². The smallest absolute Gasteiger partial charge is 0.268 e. The zero-order valence-electron chi connectivity index (χ0n) is 12.9. The Hall–Kier alpha value is -2.77. The fraction of sp³-hybridized carbons (Fsp3) is 0.176. The van der Waals surface area contributed by atoms with Crippen molar-refractivity contribution in [2.24, 2.45) is 0 Å². The third-order valence-electron chi connectivity index (χ3n) is 3.49. The molecule has 2 amide bonds. The highest BCUT2D eigenvalue weighted by atomic mass is 19.1. The number of rotatable bonds is 5. The summed E-state index contributed by atoms with van der Waals surface area (Å²) >= 11 is 0. The fourth-order valence-corrected chi connectivity index (χ4v) is 2.16. The van der Waals surface area contributed by atoms with Crippen LogP contribution in [0.25, 0.3) is 11.1 Å². The van der Waals surface area contributed by atoms with Crippen LogP contribution in [0.15, 0.2) is 48.5 Å². The monoisotopic (exact) mass is 332 g/mol. The quantitative estimate of drug-likeness (QED) is 0.492. The van der Waals surface area contributed by atoms with Crippen molar-refractivity contribution in [2.75, 3.05) is 0 Å². The molecule has 24 heavy (non-hydrogen) atoms. The van der Waals surface area contributed by atoms with Gasteiger partial charge in [0.25, 0.3) is 11.8 Å². The molecule has 0 fully saturated rings. The molecule has 2 aromatic carbocycles. The highest BCUT2D eigenvalue weighted by Crippen LogP contribution is 2.20. The molecule has 0 bridgehead atoms. The molecule has 0 aliphatic carbocycles. The summed E-state index contributed by atoms with van der Waals surface area (Å²) in [7, 11) is 0. The van der Waals surface area contributed by atoms with E-state index in [1.807, 2.05) is 0 Å². The number of benzene rings is 2. The Morgan fingerprint density at radius 1 is 1.00 bits per heavy atom. The second kappa shape index (κ2) is 7.67. The first-order valence-corrected chi connectivity index (χ1v) is 7.21. The molecule has 2 aromatic rings. The molecule has 0 aliphatic rings. The lowest BCUT2D eigenvalue weighted by molar-refractivity contribution is -0.133. The van der Waals surface area contributed by atoms with Gasteiger partial charge in [-0.2, -0.15) is 0 Å². The Kier molecular flexibility index (Phi) is 5.62. The van der Waals surface area contributed by atoms with Crippen LogP contribution < -0.4 is 10.8 Å². The number of aliphatic hydroxyl groups excluding tert-OH is 1. The molecule has 7 heteroatoms. The van der Waals surface area contributed by atoms with E-state index in [4.69, 9.17) is 5.21 Å². The molecule has 0 radical (unpaired) electrons. The number of carbonyl (C=O) groups excluding carboxylic acids is 2. The Morgan fingerprint density at radius 2 is 1.50 bits per heavy atom. The summed E-state index contributed by atoms with van der Waals surface area (Å²) in [6, 6.07) is 11.1. The summed E-state index contributed by atoms with van der Waals surface area (Å²) in [4.78, 5) is 23.6. The minimum atomic E-state index is -1.28. The first-order chi connectivity index (χ1) is 11.4. The van der Waals surface area contributed by atoms with Crippen molar-refractivity contribution >= 4 is 11.8 Å². The number of halogens is 1. The number of hydrogen-bond donors (Lipinski definition) is 4. The first kappa shape index (κ1) is 17.6. The zero-order valence-corrected chi connectivity index (χ0v) is 12.9. The summed E-state index contributed by atoms with van der Waals surface area (Å²) in [6.45, 7) is 1.32. The lowest BCUT2D eigenvalue weighted by Crippen LogP contribution is -2.51. The number of amides is 2. The summed E-state index contributed by atoms with van der Waals surface area (Å²) < 4.78 is 12.9. The van der Waals surface area contributed by atoms with Crippen molar-refractivity contribution in [1.29, 1.82) is 0 Å². The van der Waals surface area contributed by atoms with Gasteiger partial charge in [-0.25, -0.2) is 9.87 Å². The maximum Gasteiger partial charge on any atom is 0.268 e. The van der Waals surface area contributed by atoms with E-state index >= 15 is 0 Å². The van der Waals surface area contributed by atoms with Crippen LogP contribution in [0.4, 0.5) is 4.39 Å². The van der Waals surface area contributed by atoms with Crippen LogP contribution in [0.2, 0.25) is 0 Å². The molecular weight excluding hydrogens is 315 g/mol. The lowest BCUT2D eigenvalue weighted by atomic mass is 10.0. The minimum absolute atomic E-state index is 0.275. The van der Waals surface area contributed by atoms with Crippen molar-refractivity contribution in [3.8, 4) is 11.1 Å². The molecule has 2 rings (SSSR count). The van der Waals surface area contributed by atoms with E-state index in [1.165, 1.54) is 24.5 Å². The Morgan fingerprint density at radius 3 is 1.96 bits per heavy atom. The highest BCUT2D eigenvalue weighted by molar-refractivity contribution is 5.97. The van der Waals surface area contributed by atoms with Crippen molar-refractivity contribution < 1.29 is 24.3 Å². The second-order valence-corrected chi connectivity index (χ2v) is 5.25. The van der Waals surface area contributed by atoms with E-state index in [9.17, 15) is 19.1 Å². The summed E-state index contributed by atoms with van der Waals surface area (Å²) in [5, 5.41) is 20.5. The van der Waals surface area contributed by atoms with E-state index in [0.717, 1.165) is 11.1 Å². The van der Waals surface area contributed by atoms with Gasteiger partial charge in [-0.1, -0.05) is 24.3 Å².